The van der Waals surface area contributed by atoms with E-state index < -0.39 is 0 Å². The molecule has 1 aromatic carbocycles. The summed E-state index contributed by atoms with van der Waals surface area (Å²) in [6.07, 6.45) is 2.57. The summed E-state index contributed by atoms with van der Waals surface area (Å²) in [6.45, 7) is 2.04. The highest BCUT2D eigenvalue weighted by Gasteiger charge is 2.15. The van der Waals surface area contributed by atoms with E-state index in [4.69, 9.17) is 10.3 Å². The van der Waals surface area contributed by atoms with Crippen LogP contribution in [0.5, 0.6) is 0 Å². The molecule has 3 rings (SSSR count). The van der Waals surface area contributed by atoms with Gasteiger partial charge in [0.05, 0.1) is 5.52 Å². The largest absolute Gasteiger partial charge is 0.367 e. The van der Waals surface area contributed by atoms with Gasteiger partial charge in [0.25, 0.3) is 0 Å². The fourth-order valence-electron chi connectivity index (χ4n) is 2.18. The SMILES string of the molecule is CCc1c(-c2ccnc3ccccc23)noc1N. The fraction of sp³-hybridized carbons (Fsp3) is 0.143. The molecule has 90 valence electrons. The molecule has 2 aromatic heterocycles. The maximum atomic E-state index is 5.79. The Labute approximate surface area is 104 Å². The van der Waals surface area contributed by atoms with E-state index in [0.29, 0.717) is 5.88 Å². The Bertz CT molecular complexity index is 698. The van der Waals surface area contributed by atoms with Crippen LogP contribution in [-0.2, 0) is 6.42 Å². The topological polar surface area (TPSA) is 64.9 Å². The van der Waals surface area contributed by atoms with Crippen molar-refractivity contribution in [2.45, 2.75) is 13.3 Å². The molecule has 0 saturated carbocycles. The van der Waals surface area contributed by atoms with E-state index in [1.807, 2.05) is 37.3 Å². The Morgan fingerprint density at radius 2 is 2.06 bits per heavy atom. The number of nitrogens with zero attached hydrogens (tertiary/aromatic N) is 2. The highest BCUT2D eigenvalue weighted by atomic mass is 16.5. The van der Waals surface area contributed by atoms with Crippen LogP contribution in [0.25, 0.3) is 22.2 Å². The van der Waals surface area contributed by atoms with Gasteiger partial charge in [-0.2, -0.15) is 0 Å². The number of aromatic nitrogens is 2. The molecule has 0 aliphatic rings. The Morgan fingerprint density at radius 3 is 2.89 bits per heavy atom. The molecule has 0 aliphatic carbocycles. The van der Waals surface area contributed by atoms with E-state index in [0.717, 1.165) is 34.1 Å². The van der Waals surface area contributed by atoms with Gasteiger partial charge in [-0.1, -0.05) is 30.3 Å². The van der Waals surface area contributed by atoms with Crippen LogP contribution >= 0.6 is 0 Å². The molecule has 4 heteroatoms. The highest BCUT2D eigenvalue weighted by molar-refractivity contribution is 5.94. The second-order valence-corrected chi connectivity index (χ2v) is 4.10. The third-order valence-electron chi connectivity index (χ3n) is 3.08. The third kappa shape index (κ3) is 1.54. The van der Waals surface area contributed by atoms with E-state index in [1.54, 1.807) is 6.20 Å². The zero-order chi connectivity index (χ0) is 12.5. The molecule has 0 saturated heterocycles. The molecule has 2 N–H and O–H groups in total. The minimum atomic E-state index is 0.397. The summed E-state index contributed by atoms with van der Waals surface area (Å²) in [7, 11) is 0. The van der Waals surface area contributed by atoms with E-state index in [1.165, 1.54) is 0 Å². The maximum absolute atomic E-state index is 5.79. The fourth-order valence-corrected chi connectivity index (χ4v) is 2.18. The van der Waals surface area contributed by atoms with Crippen molar-refractivity contribution in [3.63, 3.8) is 0 Å². The van der Waals surface area contributed by atoms with Gasteiger partial charge in [-0.15, -0.1) is 0 Å². The van der Waals surface area contributed by atoms with Gasteiger partial charge in [-0.05, 0) is 18.6 Å². The van der Waals surface area contributed by atoms with E-state index in [2.05, 4.69) is 10.1 Å². The first-order valence-corrected chi connectivity index (χ1v) is 5.89. The molecule has 18 heavy (non-hydrogen) atoms. The summed E-state index contributed by atoms with van der Waals surface area (Å²) in [5, 5.41) is 5.14. The van der Waals surface area contributed by atoms with Gasteiger partial charge in [0.15, 0.2) is 0 Å². The van der Waals surface area contributed by atoms with E-state index >= 15 is 0 Å². The Hall–Kier alpha value is -2.36. The van der Waals surface area contributed by atoms with E-state index in [-0.39, 0.29) is 0 Å². The second-order valence-electron chi connectivity index (χ2n) is 4.10. The Kier molecular flexibility index (Phi) is 2.48. The predicted molar refractivity (Wildman–Crippen MR) is 71.0 cm³/mol. The minimum Gasteiger partial charge on any atom is -0.367 e. The highest BCUT2D eigenvalue weighted by Crippen LogP contribution is 2.31. The van der Waals surface area contributed by atoms with Crippen LogP contribution in [0.2, 0.25) is 0 Å². The van der Waals surface area contributed by atoms with Crippen molar-refractivity contribution < 1.29 is 4.52 Å². The number of rotatable bonds is 2. The Balaban J connectivity index is 2.31. The van der Waals surface area contributed by atoms with Gasteiger partial charge in [-0.3, -0.25) is 4.98 Å². The maximum Gasteiger partial charge on any atom is 0.225 e. The standard InChI is InChI=1S/C14H13N3O/c1-2-9-13(17-18-14(9)15)11-7-8-16-12-6-4-3-5-10(11)12/h3-8H,2,15H2,1H3. The molecule has 0 spiro atoms. The van der Waals surface area contributed by atoms with Crippen molar-refractivity contribution in [2.75, 3.05) is 5.73 Å². The molecule has 0 radical (unpaired) electrons. The first-order valence-electron chi connectivity index (χ1n) is 5.89. The average molecular weight is 239 g/mol. The lowest BCUT2D eigenvalue weighted by atomic mass is 10.0. The number of benzene rings is 1. The Morgan fingerprint density at radius 1 is 1.22 bits per heavy atom. The summed E-state index contributed by atoms with van der Waals surface area (Å²) in [4.78, 5) is 4.34. The minimum absolute atomic E-state index is 0.397. The lowest BCUT2D eigenvalue weighted by Crippen LogP contribution is -1.91. The number of fused-ring (bicyclic) bond motifs is 1. The summed E-state index contributed by atoms with van der Waals surface area (Å²) in [5.41, 5.74) is 9.51. The van der Waals surface area contributed by atoms with Crippen molar-refractivity contribution >= 4 is 16.8 Å². The molecule has 0 fully saturated rings. The first-order chi connectivity index (χ1) is 8.81. The number of para-hydroxylation sites is 1. The number of nitrogens with two attached hydrogens (primary N) is 1. The molecule has 3 aromatic rings. The van der Waals surface area contributed by atoms with Crippen molar-refractivity contribution in [1.29, 1.82) is 0 Å². The van der Waals surface area contributed by atoms with Crippen LogP contribution in [0, 0.1) is 0 Å². The lowest BCUT2D eigenvalue weighted by Gasteiger charge is -2.04. The van der Waals surface area contributed by atoms with Crippen molar-refractivity contribution in [2.24, 2.45) is 0 Å². The van der Waals surface area contributed by atoms with Crippen LogP contribution in [0.4, 0.5) is 5.88 Å². The number of nitrogen functional groups attached to an aromatic ring is 1. The predicted octanol–water partition coefficient (Wildman–Crippen LogP) is 3.03. The molecular weight excluding hydrogens is 226 g/mol. The second kappa shape index (κ2) is 4.14. The van der Waals surface area contributed by atoms with Gasteiger partial charge < -0.3 is 10.3 Å². The van der Waals surface area contributed by atoms with Crippen LogP contribution < -0.4 is 5.73 Å². The van der Waals surface area contributed by atoms with Crippen molar-refractivity contribution in [3.8, 4) is 11.3 Å². The molecule has 0 aliphatic heterocycles. The number of hydrogen-bond donors (Lipinski definition) is 1. The lowest BCUT2D eigenvalue weighted by molar-refractivity contribution is 0.438. The van der Waals surface area contributed by atoms with Gasteiger partial charge in [0.2, 0.25) is 5.88 Å². The van der Waals surface area contributed by atoms with Crippen LogP contribution in [-0.4, -0.2) is 10.1 Å². The number of hydrogen-bond acceptors (Lipinski definition) is 4. The summed E-state index contributed by atoms with van der Waals surface area (Å²) in [6, 6.07) is 9.91. The third-order valence-corrected chi connectivity index (χ3v) is 3.08. The molecular formula is C14H13N3O. The summed E-state index contributed by atoms with van der Waals surface area (Å²) >= 11 is 0. The summed E-state index contributed by atoms with van der Waals surface area (Å²) < 4.78 is 5.10. The summed E-state index contributed by atoms with van der Waals surface area (Å²) in [5.74, 6) is 0.397. The molecule has 0 unspecified atom stereocenters. The molecule has 0 bridgehead atoms. The van der Waals surface area contributed by atoms with Gasteiger partial charge in [-0.25, -0.2) is 0 Å². The zero-order valence-corrected chi connectivity index (χ0v) is 10.1. The molecule has 2 heterocycles. The molecule has 0 atom stereocenters. The van der Waals surface area contributed by atoms with Crippen LogP contribution in [0.3, 0.4) is 0 Å². The van der Waals surface area contributed by atoms with Gasteiger partial charge >= 0.3 is 0 Å². The first kappa shape index (κ1) is 10.8. The molecule has 0 amide bonds. The van der Waals surface area contributed by atoms with Gasteiger partial charge in [0.1, 0.15) is 5.69 Å². The quantitative estimate of drug-likeness (QED) is 0.746. The normalized spacial score (nSPS) is 10.9. The number of pyridine rings is 1. The van der Waals surface area contributed by atoms with Gasteiger partial charge in [0, 0.05) is 22.7 Å². The monoisotopic (exact) mass is 239 g/mol. The smallest absolute Gasteiger partial charge is 0.225 e. The van der Waals surface area contributed by atoms with E-state index in [9.17, 15) is 0 Å². The van der Waals surface area contributed by atoms with Crippen LogP contribution in [0.15, 0.2) is 41.1 Å². The number of anilines is 1. The zero-order valence-electron chi connectivity index (χ0n) is 10.1. The van der Waals surface area contributed by atoms with Crippen molar-refractivity contribution in [3.05, 3.63) is 42.1 Å². The van der Waals surface area contributed by atoms with Crippen molar-refractivity contribution in [1.82, 2.24) is 10.1 Å². The molecule has 4 nitrogen and oxygen atoms in total. The average Bonchev–Trinajstić information content (AvgIpc) is 2.79. The van der Waals surface area contributed by atoms with Crippen LogP contribution in [0.1, 0.15) is 12.5 Å².